The lowest BCUT2D eigenvalue weighted by molar-refractivity contribution is -0.132. The van der Waals surface area contributed by atoms with Crippen LogP contribution in [0.25, 0.3) is 5.82 Å². The number of hydrazone groups is 1. The van der Waals surface area contributed by atoms with Gasteiger partial charge < -0.3 is 15.2 Å². The summed E-state index contributed by atoms with van der Waals surface area (Å²) in [7, 11) is 1.45. The molecule has 3 N–H and O–H groups in total. The SMILES string of the molecule is COc1cc(C=NNC(=O)c2nnn(-c3nonc3N)c2CSC2=NCCS2)ccc1OC(C)=O. The fraction of sp³-hybridized carbons (Fsp3) is 0.263. The van der Waals surface area contributed by atoms with Crippen LogP contribution in [-0.2, 0) is 10.5 Å². The van der Waals surface area contributed by atoms with Gasteiger partial charge in [-0.1, -0.05) is 28.7 Å². The topological polar surface area (TPSA) is 185 Å². The number of hydrogen-bond donors (Lipinski definition) is 2. The first kappa shape index (κ1) is 24.2. The second-order valence-electron chi connectivity index (χ2n) is 6.76. The molecule has 3 aromatic rings. The molecule has 0 atom stereocenters. The number of thioether (sulfide) groups is 2. The summed E-state index contributed by atoms with van der Waals surface area (Å²) in [6.07, 6.45) is 1.40. The van der Waals surface area contributed by atoms with Crippen molar-refractivity contribution in [1.82, 2.24) is 30.7 Å². The summed E-state index contributed by atoms with van der Waals surface area (Å²) in [6, 6.07) is 4.81. The number of rotatable bonds is 8. The number of methoxy groups -OCH3 is 1. The van der Waals surface area contributed by atoms with Crippen molar-refractivity contribution < 1.29 is 23.7 Å². The van der Waals surface area contributed by atoms with Crippen LogP contribution in [0.5, 0.6) is 11.5 Å². The van der Waals surface area contributed by atoms with Crippen molar-refractivity contribution in [2.75, 3.05) is 25.1 Å². The smallest absolute Gasteiger partial charge is 0.308 e. The van der Waals surface area contributed by atoms with Gasteiger partial charge >= 0.3 is 5.97 Å². The summed E-state index contributed by atoms with van der Waals surface area (Å²) >= 11 is 3.08. The van der Waals surface area contributed by atoms with Gasteiger partial charge in [0.05, 0.1) is 25.6 Å². The molecule has 0 spiro atoms. The van der Waals surface area contributed by atoms with Crippen molar-refractivity contribution in [1.29, 1.82) is 0 Å². The van der Waals surface area contributed by atoms with Crippen molar-refractivity contribution >= 4 is 51.8 Å². The molecule has 0 radical (unpaired) electrons. The number of benzene rings is 1. The van der Waals surface area contributed by atoms with E-state index in [1.54, 1.807) is 30.0 Å². The van der Waals surface area contributed by atoms with Crippen LogP contribution in [0.2, 0.25) is 0 Å². The summed E-state index contributed by atoms with van der Waals surface area (Å²) in [5.41, 5.74) is 9.27. The summed E-state index contributed by atoms with van der Waals surface area (Å²) in [4.78, 5) is 28.5. The molecule has 1 aromatic carbocycles. The molecule has 4 rings (SSSR count). The van der Waals surface area contributed by atoms with Gasteiger partial charge in [-0.2, -0.15) is 9.78 Å². The first-order chi connectivity index (χ1) is 17.0. The quantitative estimate of drug-likeness (QED) is 0.189. The van der Waals surface area contributed by atoms with Crippen LogP contribution in [0, 0.1) is 0 Å². The average Bonchev–Trinajstić information content (AvgIpc) is 3.59. The van der Waals surface area contributed by atoms with Gasteiger partial charge in [-0.25, -0.2) is 10.1 Å². The summed E-state index contributed by atoms with van der Waals surface area (Å²) in [5.74, 6) is 0.905. The Morgan fingerprint density at radius 3 is 2.91 bits per heavy atom. The number of nitrogens with two attached hydrogens (primary N) is 1. The van der Waals surface area contributed by atoms with Gasteiger partial charge in [0.15, 0.2) is 17.2 Å². The second-order valence-corrected chi connectivity index (χ2v) is 9.06. The highest BCUT2D eigenvalue weighted by atomic mass is 32.2. The molecule has 1 aliphatic heterocycles. The Hall–Kier alpha value is -3.92. The number of hydrogen-bond acceptors (Lipinski definition) is 14. The Balaban J connectivity index is 1.51. The third-order valence-corrected chi connectivity index (χ3v) is 6.65. The molecule has 14 nitrogen and oxygen atoms in total. The van der Waals surface area contributed by atoms with E-state index < -0.39 is 11.9 Å². The minimum absolute atomic E-state index is 0.00450. The standard InChI is InChI=1S/C19H19N9O5S2/c1-10(29)32-13-4-3-11(7-14(13)31-2)8-22-24-18(30)15-12(9-35-19-21-5-6-34-19)28(27-23-15)17-16(20)25-33-26-17/h3-4,7-8H,5-6,9H2,1-2H3,(H2,20,25)(H,24,30). The maximum atomic E-state index is 12.9. The average molecular weight is 518 g/mol. The summed E-state index contributed by atoms with van der Waals surface area (Å²) in [5, 5.41) is 19.3. The maximum Gasteiger partial charge on any atom is 0.308 e. The highest BCUT2D eigenvalue weighted by Crippen LogP contribution is 2.28. The van der Waals surface area contributed by atoms with E-state index >= 15 is 0 Å². The van der Waals surface area contributed by atoms with Gasteiger partial charge in [0.25, 0.3) is 5.91 Å². The molecule has 1 aliphatic rings. The number of nitrogens with one attached hydrogen (secondary N) is 1. The third-order valence-electron chi connectivity index (χ3n) is 4.39. The van der Waals surface area contributed by atoms with Crippen LogP contribution < -0.4 is 20.6 Å². The molecule has 35 heavy (non-hydrogen) atoms. The van der Waals surface area contributed by atoms with Crippen LogP contribution in [0.3, 0.4) is 0 Å². The molecule has 0 saturated heterocycles. The fourth-order valence-electron chi connectivity index (χ4n) is 2.87. The minimum Gasteiger partial charge on any atom is -0.493 e. The molecular formula is C19H19N9O5S2. The van der Waals surface area contributed by atoms with Crippen LogP contribution in [-0.4, -0.2) is 67.2 Å². The predicted octanol–water partition coefficient (Wildman–Crippen LogP) is 1.27. The highest BCUT2D eigenvalue weighted by molar-refractivity contribution is 8.38. The van der Waals surface area contributed by atoms with E-state index in [1.165, 1.54) is 36.7 Å². The lowest BCUT2D eigenvalue weighted by atomic mass is 10.2. The third kappa shape index (κ3) is 5.78. The zero-order valence-electron chi connectivity index (χ0n) is 18.5. The van der Waals surface area contributed by atoms with Crippen LogP contribution in [0.1, 0.15) is 28.7 Å². The number of nitrogen functional groups attached to an aromatic ring is 1. The molecule has 0 unspecified atom stereocenters. The predicted molar refractivity (Wildman–Crippen MR) is 129 cm³/mol. The monoisotopic (exact) mass is 517 g/mol. The normalized spacial score (nSPS) is 13.1. The Labute approximate surface area is 206 Å². The Kier molecular flexibility index (Phi) is 7.61. The second kappa shape index (κ2) is 11.0. The van der Waals surface area contributed by atoms with Crippen molar-refractivity contribution in [3.63, 3.8) is 0 Å². The van der Waals surface area contributed by atoms with Crippen molar-refractivity contribution in [3.8, 4) is 17.3 Å². The maximum absolute atomic E-state index is 12.9. The van der Waals surface area contributed by atoms with Crippen molar-refractivity contribution in [3.05, 3.63) is 35.2 Å². The molecule has 0 aliphatic carbocycles. The van der Waals surface area contributed by atoms with Crippen molar-refractivity contribution in [2.24, 2.45) is 10.1 Å². The molecule has 0 fully saturated rings. The zero-order chi connectivity index (χ0) is 24.8. The lowest BCUT2D eigenvalue weighted by Gasteiger charge is -2.08. The number of aliphatic imine (C=N–C) groups is 1. The van der Waals surface area contributed by atoms with Gasteiger partial charge in [-0.05, 0) is 34.1 Å². The number of carbonyl (C=O) groups is 2. The van der Waals surface area contributed by atoms with E-state index in [0.717, 1.165) is 16.7 Å². The Morgan fingerprint density at radius 2 is 2.23 bits per heavy atom. The highest BCUT2D eigenvalue weighted by Gasteiger charge is 2.24. The van der Waals surface area contributed by atoms with Gasteiger partial charge in [-0.3, -0.25) is 14.6 Å². The molecule has 1 amide bonds. The van der Waals surface area contributed by atoms with Crippen LogP contribution in [0.4, 0.5) is 5.82 Å². The molecule has 0 saturated carbocycles. The Morgan fingerprint density at radius 1 is 1.37 bits per heavy atom. The fourth-order valence-corrected chi connectivity index (χ4v) is 4.87. The van der Waals surface area contributed by atoms with Gasteiger partial charge in [0, 0.05) is 18.4 Å². The summed E-state index contributed by atoms with van der Waals surface area (Å²) in [6.45, 7) is 2.04. The molecule has 3 heterocycles. The van der Waals surface area contributed by atoms with Crippen LogP contribution >= 0.6 is 23.5 Å². The number of amides is 1. The van der Waals surface area contributed by atoms with E-state index in [0.29, 0.717) is 22.8 Å². The van der Waals surface area contributed by atoms with Crippen molar-refractivity contribution in [2.45, 2.75) is 12.7 Å². The first-order valence-corrected chi connectivity index (χ1v) is 12.0. The molecule has 182 valence electrons. The number of ether oxygens (including phenoxy) is 2. The van der Waals surface area contributed by atoms with E-state index in [1.807, 2.05) is 0 Å². The van der Waals surface area contributed by atoms with Gasteiger partial charge in [0.2, 0.25) is 11.6 Å². The number of aromatic nitrogens is 5. The first-order valence-electron chi connectivity index (χ1n) is 9.99. The zero-order valence-corrected chi connectivity index (χ0v) is 20.1. The molecule has 0 bridgehead atoms. The largest absolute Gasteiger partial charge is 0.493 e. The van der Waals surface area contributed by atoms with E-state index in [9.17, 15) is 9.59 Å². The molecular weight excluding hydrogens is 498 g/mol. The van der Waals surface area contributed by atoms with Gasteiger partial charge in [-0.15, -0.1) is 5.10 Å². The number of anilines is 1. The Bertz CT molecular complexity index is 1300. The lowest BCUT2D eigenvalue weighted by Crippen LogP contribution is -2.20. The number of nitrogens with zero attached hydrogens (tertiary/aromatic N) is 7. The molecule has 2 aromatic heterocycles. The number of carbonyl (C=O) groups excluding carboxylic acids is 2. The van der Waals surface area contributed by atoms with Gasteiger partial charge in [0.1, 0.15) is 4.38 Å². The molecule has 16 heteroatoms. The number of esters is 1. The van der Waals surface area contributed by atoms with E-state index in [4.69, 9.17) is 15.2 Å². The van der Waals surface area contributed by atoms with E-state index in [-0.39, 0.29) is 23.1 Å². The minimum atomic E-state index is -0.595. The summed E-state index contributed by atoms with van der Waals surface area (Å²) < 4.78 is 17.2. The van der Waals surface area contributed by atoms with Crippen LogP contribution in [0.15, 0.2) is 32.9 Å². The van der Waals surface area contributed by atoms with E-state index in [2.05, 4.69) is 40.8 Å².